The van der Waals surface area contributed by atoms with E-state index in [1.54, 1.807) is 0 Å². The van der Waals surface area contributed by atoms with Gasteiger partial charge in [-0.2, -0.15) is 0 Å². The Kier molecular flexibility index (Phi) is 3.65. The molecule has 1 heterocycles. The highest BCUT2D eigenvalue weighted by Crippen LogP contribution is 2.28. The predicted molar refractivity (Wildman–Crippen MR) is 81.0 cm³/mol. The second-order valence-electron chi connectivity index (χ2n) is 5.62. The molecule has 0 bridgehead atoms. The van der Waals surface area contributed by atoms with Gasteiger partial charge in [0.1, 0.15) is 0 Å². The molecule has 0 spiro atoms. The van der Waals surface area contributed by atoms with Crippen LogP contribution in [0.1, 0.15) is 31.4 Å². The third-order valence-electron chi connectivity index (χ3n) is 4.09. The van der Waals surface area contributed by atoms with Gasteiger partial charge in [0.15, 0.2) is 0 Å². The molecule has 3 rings (SSSR count). The first-order chi connectivity index (χ1) is 9.33. The number of rotatable bonds is 2. The lowest BCUT2D eigenvalue weighted by atomic mass is 9.89. The third kappa shape index (κ3) is 2.87. The Balaban J connectivity index is 1.79. The summed E-state index contributed by atoms with van der Waals surface area (Å²) in [7, 11) is 0. The van der Waals surface area contributed by atoms with Crippen molar-refractivity contribution in [3.63, 3.8) is 0 Å². The first kappa shape index (κ1) is 12.4. The predicted octanol–water partition coefficient (Wildman–Crippen LogP) is 4.41. The van der Waals surface area contributed by atoms with Crippen molar-refractivity contribution in [2.24, 2.45) is 5.92 Å². The molecule has 2 unspecified atom stereocenters. The molecule has 0 radical (unpaired) electrons. The van der Waals surface area contributed by atoms with Gasteiger partial charge in [-0.15, -0.1) is 0 Å². The van der Waals surface area contributed by atoms with Crippen LogP contribution >= 0.6 is 0 Å². The van der Waals surface area contributed by atoms with E-state index in [2.05, 4.69) is 66.8 Å². The van der Waals surface area contributed by atoms with Gasteiger partial charge in [-0.25, -0.2) is 0 Å². The molecule has 1 N–H and O–H groups in total. The molecule has 1 nitrogen and oxygen atoms in total. The van der Waals surface area contributed by atoms with E-state index in [0.717, 1.165) is 12.5 Å². The summed E-state index contributed by atoms with van der Waals surface area (Å²) >= 11 is 0. The summed E-state index contributed by atoms with van der Waals surface area (Å²) < 4.78 is 0. The van der Waals surface area contributed by atoms with E-state index in [1.165, 1.54) is 29.5 Å². The molecule has 1 fully saturated rings. The number of nitrogens with one attached hydrogen (secondary N) is 1. The first-order valence-corrected chi connectivity index (χ1v) is 7.22. The lowest BCUT2D eigenvalue weighted by molar-refractivity contribution is 0.325. The second kappa shape index (κ2) is 5.58. The van der Waals surface area contributed by atoms with Gasteiger partial charge in [-0.1, -0.05) is 61.5 Å². The van der Waals surface area contributed by atoms with Crippen LogP contribution in [-0.2, 0) is 0 Å². The highest BCUT2D eigenvalue weighted by molar-refractivity contribution is 5.63. The summed E-state index contributed by atoms with van der Waals surface area (Å²) in [5.74, 6) is 0.833. The van der Waals surface area contributed by atoms with Crippen LogP contribution < -0.4 is 5.32 Å². The zero-order valence-electron chi connectivity index (χ0n) is 11.5. The molecule has 0 aromatic heterocycles. The molecule has 0 saturated carbocycles. The summed E-state index contributed by atoms with van der Waals surface area (Å²) in [5.41, 5.74) is 4.01. The second-order valence-corrected chi connectivity index (χ2v) is 5.62. The van der Waals surface area contributed by atoms with Crippen LogP contribution in [0.25, 0.3) is 11.1 Å². The molecule has 98 valence electrons. The Labute approximate surface area is 115 Å². The van der Waals surface area contributed by atoms with Gasteiger partial charge >= 0.3 is 0 Å². The smallest absolute Gasteiger partial charge is 0.0322 e. The average Bonchev–Trinajstić information content (AvgIpc) is 2.48. The van der Waals surface area contributed by atoms with Crippen molar-refractivity contribution in [2.45, 2.75) is 25.8 Å². The van der Waals surface area contributed by atoms with Crippen LogP contribution in [0.2, 0.25) is 0 Å². The van der Waals surface area contributed by atoms with Crippen LogP contribution in [0, 0.1) is 5.92 Å². The fourth-order valence-electron chi connectivity index (χ4n) is 2.90. The summed E-state index contributed by atoms with van der Waals surface area (Å²) in [6.45, 7) is 3.50. The Bertz CT molecular complexity index is 515. The van der Waals surface area contributed by atoms with Crippen LogP contribution in [0.3, 0.4) is 0 Å². The number of hydrogen-bond donors (Lipinski definition) is 1. The van der Waals surface area contributed by atoms with Crippen molar-refractivity contribution in [1.29, 1.82) is 0 Å². The van der Waals surface area contributed by atoms with E-state index in [4.69, 9.17) is 0 Å². The average molecular weight is 251 g/mol. The van der Waals surface area contributed by atoms with E-state index < -0.39 is 0 Å². The van der Waals surface area contributed by atoms with Crippen LogP contribution in [0.5, 0.6) is 0 Å². The fraction of sp³-hybridized carbons (Fsp3) is 0.333. The van der Waals surface area contributed by atoms with Crippen LogP contribution in [0.4, 0.5) is 0 Å². The zero-order valence-corrected chi connectivity index (χ0v) is 11.5. The highest BCUT2D eigenvalue weighted by atomic mass is 14.9. The topological polar surface area (TPSA) is 12.0 Å². The maximum Gasteiger partial charge on any atom is 0.0322 e. The van der Waals surface area contributed by atoms with Crippen LogP contribution in [-0.4, -0.2) is 6.54 Å². The lowest BCUT2D eigenvalue weighted by Gasteiger charge is -2.28. The molecule has 2 aromatic rings. The van der Waals surface area contributed by atoms with Gasteiger partial charge in [0.05, 0.1) is 0 Å². The van der Waals surface area contributed by atoms with Crippen molar-refractivity contribution in [2.75, 3.05) is 6.54 Å². The molecule has 1 saturated heterocycles. The van der Waals surface area contributed by atoms with Crippen molar-refractivity contribution < 1.29 is 0 Å². The van der Waals surface area contributed by atoms with Crippen LogP contribution in [0.15, 0.2) is 54.6 Å². The zero-order chi connectivity index (χ0) is 13.1. The Morgan fingerprint density at radius 1 is 0.895 bits per heavy atom. The Morgan fingerprint density at radius 3 is 2.26 bits per heavy atom. The molecule has 0 amide bonds. The van der Waals surface area contributed by atoms with Gasteiger partial charge in [0.2, 0.25) is 0 Å². The maximum absolute atomic E-state index is 3.63. The van der Waals surface area contributed by atoms with Gasteiger partial charge < -0.3 is 5.32 Å². The SMILES string of the molecule is CC1CCNC(c2ccc(-c3ccccc3)cc2)C1. The first-order valence-electron chi connectivity index (χ1n) is 7.22. The summed E-state index contributed by atoms with van der Waals surface area (Å²) in [4.78, 5) is 0. The standard InChI is InChI=1S/C18H21N/c1-14-11-12-19-18(13-14)17-9-7-16(8-10-17)15-5-3-2-4-6-15/h2-10,14,18-19H,11-13H2,1H3. The monoisotopic (exact) mass is 251 g/mol. The molecule has 19 heavy (non-hydrogen) atoms. The maximum atomic E-state index is 3.63. The molecular formula is C18H21N. The fourth-order valence-corrected chi connectivity index (χ4v) is 2.90. The summed E-state index contributed by atoms with van der Waals surface area (Å²) in [6.07, 6.45) is 2.56. The van der Waals surface area contributed by atoms with Gasteiger partial charge in [-0.05, 0) is 42.0 Å². The number of hydrogen-bond acceptors (Lipinski definition) is 1. The number of piperidine rings is 1. The molecule has 1 heteroatoms. The minimum Gasteiger partial charge on any atom is -0.310 e. The molecular weight excluding hydrogens is 230 g/mol. The minimum absolute atomic E-state index is 0.536. The van der Waals surface area contributed by atoms with Crippen molar-refractivity contribution >= 4 is 0 Å². The summed E-state index contributed by atoms with van der Waals surface area (Å²) in [6, 6.07) is 20.1. The highest BCUT2D eigenvalue weighted by Gasteiger charge is 2.19. The van der Waals surface area contributed by atoms with Crippen molar-refractivity contribution in [1.82, 2.24) is 5.32 Å². The normalized spacial score (nSPS) is 23.2. The minimum atomic E-state index is 0.536. The molecule has 1 aliphatic heterocycles. The van der Waals surface area contributed by atoms with E-state index in [9.17, 15) is 0 Å². The van der Waals surface area contributed by atoms with Gasteiger partial charge in [0, 0.05) is 6.04 Å². The number of benzene rings is 2. The van der Waals surface area contributed by atoms with Crippen molar-refractivity contribution in [3.8, 4) is 11.1 Å². The Hall–Kier alpha value is -1.60. The largest absolute Gasteiger partial charge is 0.310 e. The molecule has 2 atom stereocenters. The molecule has 1 aliphatic rings. The van der Waals surface area contributed by atoms with Crippen molar-refractivity contribution in [3.05, 3.63) is 60.2 Å². The summed E-state index contributed by atoms with van der Waals surface area (Å²) in [5, 5.41) is 3.63. The molecule has 0 aliphatic carbocycles. The lowest BCUT2D eigenvalue weighted by Crippen LogP contribution is -2.30. The third-order valence-corrected chi connectivity index (χ3v) is 4.09. The Morgan fingerprint density at radius 2 is 1.58 bits per heavy atom. The van der Waals surface area contributed by atoms with E-state index in [0.29, 0.717) is 6.04 Å². The van der Waals surface area contributed by atoms with E-state index in [1.807, 2.05) is 0 Å². The van der Waals surface area contributed by atoms with Gasteiger partial charge in [-0.3, -0.25) is 0 Å². The molecule has 2 aromatic carbocycles. The quantitative estimate of drug-likeness (QED) is 0.833. The van der Waals surface area contributed by atoms with E-state index in [-0.39, 0.29) is 0 Å². The van der Waals surface area contributed by atoms with Gasteiger partial charge in [0.25, 0.3) is 0 Å². The van der Waals surface area contributed by atoms with E-state index >= 15 is 0 Å².